The van der Waals surface area contributed by atoms with Gasteiger partial charge in [-0.1, -0.05) is 12.1 Å². The number of allylic oxidation sites excluding steroid dienone is 2. The maximum absolute atomic E-state index is 5.59. The Morgan fingerprint density at radius 1 is 0.963 bits per heavy atom. The van der Waals surface area contributed by atoms with Gasteiger partial charge in [0.05, 0.1) is 21.3 Å². The van der Waals surface area contributed by atoms with Crippen LogP contribution in [0.25, 0.3) is 5.57 Å². The van der Waals surface area contributed by atoms with Crippen LogP contribution in [0.1, 0.15) is 31.2 Å². The van der Waals surface area contributed by atoms with Crippen molar-refractivity contribution in [3.63, 3.8) is 0 Å². The minimum Gasteiger partial charge on any atom is -0.497 e. The summed E-state index contributed by atoms with van der Waals surface area (Å²) in [5.74, 6) is 2.96. The monoisotopic (exact) mass is 367 g/mol. The van der Waals surface area contributed by atoms with Crippen LogP contribution >= 0.6 is 0 Å². The molecule has 0 bridgehead atoms. The van der Waals surface area contributed by atoms with Crippen LogP contribution in [-0.4, -0.2) is 45.4 Å². The molecule has 2 heterocycles. The molecule has 0 saturated carbocycles. The number of hydrogen-bond acceptors (Lipinski definition) is 4. The van der Waals surface area contributed by atoms with Gasteiger partial charge in [-0.25, -0.2) is 0 Å². The maximum Gasteiger partial charge on any atom is 0.157 e. The van der Waals surface area contributed by atoms with Crippen molar-refractivity contribution in [1.29, 1.82) is 0 Å². The highest BCUT2D eigenvalue weighted by molar-refractivity contribution is 5.72. The molecule has 3 aliphatic rings. The molecule has 1 saturated heterocycles. The second-order valence-corrected chi connectivity index (χ2v) is 7.55. The Labute approximate surface area is 162 Å². The van der Waals surface area contributed by atoms with Gasteiger partial charge in [-0.15, -0.1) is 0 Å². The van der Waals surface area contributed by atoms with E-state index in [1.54, 1.807) is 21.3 Å². The second-order valence-electron chi connectivity index (χ2n) is 7.55. The summed E-state index contributed by atoms with van der Waals surface area (Å²) in [6, 6.07) is 9.24. The van der Waals surface area contributed by atoms with Crippen LogP contribution in [0, 0.1) is 5.92 Å². The van der Waals surface area contributed by atoms with Gasteiger partial charge in [0.1, 0.15) is 5.75 Å². The van der Waals surface area contributed by atoms with E-state index in [0.29, 0.717) is 12.0 Å². The normalized spacial score (nSPS) is 25.6. The number of nitrogens with zero attached hydrogens (tertiary/aromatic N) is 1. The summed E-state index contributed by atoms with van der Waals surface area (Å²) < 4.78 is 16.4. The summed E-state index contributed by atoms with van der Waals surface area (Å²) in [6.45, 7) is 2.27. The molecule has 0 radical (unpaired) electrons. The van der Waals surface area contributed by atoms with Crippen molar-refractivity contribution >= 4 is 5.57 Å². The Kier molecular flexibility index (Phi) is 5.26. The van der Waals surface area contributed by atoms with Gasteiger partial charge in [0, 0.05) is 18.5 Å². The lowest BCUT2D eigenvalue weighted by Gasteiger charge is -2.37. The fourth-order valence-corrected chi connectivity index (χ4v) is 4.71. The number of ether oxygens (including phenoxy) is 3. The lowest BCUT2D eigenvalue weighted by molar-refractivity contribution is 0.211. The van der Waals surface area contributed by atoms with E-state index in [1.165, 1.54) is 36.1 Å². The molecular weight excluding hydrogens is 338 g/mol. The van der Waals surface area contributed by atoms with E-state index in [-0.39, 0.29) is 0 Å². The third-order valence-electron chi connectivity index (χ3n) is 6.18. The summed E-state index contributed by atoms with van der Waals surface area (Å²) in [4.78, 5) is 2.66. The van der Waals surface area contributed by atoms with Crippen LogP contribution in [-0.2, 0) is 9.47 Å². The molecule has 0 amide bonds. The van der Waals surface area contributed by atoms with Crippen LogP contribution < -0.4 is 4.74 Å². The SMILES string of the molecule is COC1=CCC(C2=C(c3ccc(OC)cc3)CC3CCCN3C2)C=C1OC. The van der Waals surface area contributed by atoms with E-state index in [4.69, 9.17) is 14.2 Å². The van der Waals surface area contributed by atoms with Crippen LogP contribution in [0.15, 0.2) is 53.5 Å². The molecule has 2 aliphatic heterocycles. The molecule has 1 aromatic carbocycles. The van der Waals surface area contributed by atoms with Crippen molar-refractivity contribution in [1.82, 2.24) is 4.90 Å². The van der Waals surface area contributed by atoms with Crippen molar-refractivity contribution < 1.29 is 14.2 Å². The van der Waals surface area contributed by atoms with Gasteiger partial charge in [0.2, 0.25) is 0 Å². The average Bonchev–Trinajstić information content (AvgIpc) is 3.20. The van der Waals surface area contributed by atoms with E-state index < -0.39 is 0 Å². The first-order valence-electron chi connectivity index (χ1n) is 9.84. The highest BCUT2D eigenvalue weighted by atomic mass is 16.5. The molecule has 27 heavy (non-hydrogen) atoms. The van der Waals surface area contributed by atoms with E-state index in [1.807, 2.05) is 0 Å². The lowest BCUT2D eigenvalue weighted by atomic mass is 9.80. The highest BCUT2D eigenvalue weighted by Gasteiger charge is 2.34. The van der Waals surface area contributed by atoms with Gasteiger partial charge in [-0.05, 0) is 73.2 Å². The molecule has 2 atom stereocenters. The van der Waals surface area contributed by atoms with Gasteiger partial charge < -0.3 is 14.2 Å². The van der Waals surface area contributed by atoms with Gasteiger partial charge in [0.25, 0.3) is 0 Å². The fourth-order valence-electron chi connectivity index (χ4n) is 4.71. The minimum atomic E-state index is 0.359. The summed E-state index contributed by atoms with van der Waals surface area (Å²) in [7, 11) is 5.14. The van der Waals surface area contributed by atoms with Crippen molar-refractivity contribution in [2.75, 3.05) is 34.4 Å². The summed E-state index contributed by atoms with van der Waals surface area (Å²) in [5, 5.41) is 0. The first-order chi connectivity index (χ1) is 13.2. The fraction of sp³-hybridized carbons (Fsp3) is 0.478. The average molecular weight is 367 g/mol. The van der Waals surface area contributed by atoms with E-state index in [9.17, 15) is 0 Å². The molecule has 144 valence electrons. The second kappa shape index (κ2) is 7.81. The Hall–Kier alpha value is -2.20. The molecule has 4 nitrogen and oxygen atoms in total. The predicted octanol–water partition coefficient (Wildman–Crippen LogP) is 4.40. The number of rotatable bonds is 5. The van der Waals surface area contributed by atoms with Crippen LogP contribution in [0.4, 0.5) is 0 Å². The number of fused-ring (bicyclic) bond motifs is 1. The van der Waals surface area contributed by atoms with E-state index in [2.05, 4.69) is 41.3 Å². The zero-order chi connectivity index (χ0) is 18.8. The molecule has 0 spiro atoms. The first kappa shape index (κ1) is 18.2. The largest absolute Gasteiger partial charge is 0.497 e. The molecule has 4 rings (SSSR count). The zero-order valence-electron chi connectivity index (χ0n) is 16.5. The van der Waals surface area contributed by atoms with Crippen LogP contribution in [0.5, 0.6) is 5.75 Å². The van der Waals surface area contributed by atoms with Gasteiger partial charge in [-0.2, -0.15) is 0 Å². The molecule has 0 aromatic heterocycles. The standard InChI is InChI=1S/C23H29NO3/c1-25-19-9-6-16(7-10-19)20-14-18-5-4-12-24(18)15-21(20)17-8-11-22(26-2)23(13-17)27-3/h6-7,9-11,13,17-18H,4-5,8,12,14-15H2,1-3H3. The van der Waals surface area contributed by atoms with E-state index >= 15 is 0 Å². The van der Waals surface area contributed by atoms with Crippen molar-refractivity contribution in [2.24, 2.45) is 5.92 Å². The number of methoxy groups -OCH3 is 3. The number of benzene rings is 1. The molecule has 1 fully saturated rings. The zero-order valence-corrected chi connectivity index (χ0v) is 16.5. The molecule has 1 aliphatic carbocycles. The third-order valence-corrected chi connectivity index (χ3v) is 6.18. The topological polar surface area (TPSA) is 30.9 Å². The predicted molar refractivity (Wildman–Crippen MR) is 107 cm³/mol. The van der Waals surface area contributed by atoms with Crippen molar-refractivity contribution in [2.45, 2.75) is 31.7 Å². The van der Waals surface area contributed by atoms with Gasteiger partial charge in [0.15, 0.2) is 11.5 Å². The molecule has 4 heteroatoms. The summed E-state index contributed by atoms with van der Waals surface area (Å²) in [5.41, 5.74) is 4.36. The summed E-state index contributed by atoms with van der Waals surface area (Å²) in [6.07, 6.45) is 9.13. The quantitative estimate of drug-likeness (QED) is 0.772. The first-order valence-corrected chi connectivity index (χ1v) is 9.84. The Balaban J connectivity index is 1.72. The Morgan fingerprint density at radius 3 is 2.44 bits per heavy atom. The molecule has 1 aromatic rings. The van der Waals surface area contributed by atoms with E-state index in [0.717, 1.165) is 36.7 Å². The lowest BCUT2D eigenvalue weighted by Crippen LogP contribution is -2.37. The van der Waals surface area contributed by atoms with Crippen LogP contribution in [0.2, 0.25) is 0 Å². The highest BCUT2D eigenvalue weighted by Crippen LogP contribution is 2.41. The Bertz CT molecular complexity index is 775. The van der Waals surface area contributed by atoms with Crippen LogP contribution in [0.3, 0.4) is 0 Å². The van der Waals surface area contributed by atoms with Crippen molar-refractivity contribution in [3.05, 3.63) is 59.1 Å². The Morgan fingerprint density at radius 2 is 1.74 bits per heavy atom. The molecular formula is C23H29NO3. The third kappa shape index (κ3) is 3.51. The smallest absolute Gasteiger partial charge is 0.157 e. The van der Waals surface area contributed by atoms with Gasteiger partial charge in [-0.3, -0.25) is 4.90 Å². The molecule has 0 N–H and O–H groups in total. The van der Waals surface area contributed by atoms with Gasteiger partial charge >= 0.3 is 0 Å². The van der Waals surface area contributed by atoms with Crippen molar-refractivity contribution in [3.8, 4) is 5.75 Å². The minimum absolute atomic E-state index is 0.359. The molecule has 2 unspecified atom stereocenters. The summed E-state index contributed by atoms with van der Waals surface area (Å²) >= 11 is 0. The number of hydrogen-bond donors (Lipinski definition) is 0. The maximum atomic E-state index is 5.59.